The summed E-state index contributed by atoms with van der Waals surface area (Å²) >= 11 is 3.06. The standard InChI is InChI=1S/C14H14BrF3N2O/c1-2-5-19-7-12-13(21-8-20-12)10-4-3-9(15)6-11(10)14(16,17)18/h3-4,6,8,19H,2,5,7H2,1H3. The molecule has 2 aromatic rings. The van der Waals surface area contributed by atoms with E-state index in [1.165, 1.54) is 12.5 Å². The Morgan fingerprint density at radius 2 is 2.10 bits per heavy atom. The van der Waals surface area contributed by atoms with Crippen LogP contribution in [0.5, 0.6) is 0 Å². The van der Waals surface area contributed by atoms with Crippen LogP contribution in [0, 0.1) is 0 Å². The van der Waals surface area contributed by atoms with E-state index in [-0.39, 0.29) is 11.3 Å². The molecule has 0 unspecified atom stereocenters. The van der Waals surface area contributed by atoms with Crippen molar-refractivity contribution in [2.45, 2.75) is 26.1 Å². The van der Waals surface area contributed by atoms with Crippen LogP contribution in [0.2, 0.25) is 0 Å². The Balaban J connectivity index is 2.41. The molecule has 0 saturated heterocycles. The van der Waals surface area contributed by atoms with Gasteiger partial charge in [-0.15, -0.1) is 0 Å². The van der Waals surface area contributed by atoms with Gasteiger partial charge in [-0.25, -0.2) is 4.98 Å². The first-order chi connectivity index (χ1) is 9.93. The molecule has 1 aromatic heterocycles. The first kappa shape index (κ1) is 16.0. The fourth-order valence-corrected chi connectivity index (χ4v) is 2.31. The minimum atomic E-state index is -4.46. The van der Waals surface area contributed by atoms with E-state index < -0.39 is 11.7 Å². The maximum atomic E-state index is 13.2. The molecule has 0 saturated carbocycles. The number of nitrogens with zero attached hydrogens (tertiary/aromatic N) is 1. The van der Waals surface area contributed by atoms with Gasteiger partial charge < -0.3 is 9.73 Å². The number of hydrogen-bond donors (Lipinski definition) is 1. The minimum Gasteiger partial charge on any atom is -0.443 e. The summed E-state index contributed by atoms with van der Waals surface area (Å²) in [4.78, 5) is 4.00. The lowest BCUT2D eigenvalue weighted by atomic mass is 10.0. The van der Waals surface area contributed by atoms with Gasteiger partial charge in [-0.2, -0.15) is 13.2 Å². The maximum absolute atomic E-state index is 13.2. The summed E-state index contributed by atoms with van der Waals surface area (Å²) in [5.74, 6) is 0.151. The van der Waals surface area contributed by atoms with E-state index in [0.717, 1.165) is 19.0 Å². The summed E-state index contributed by atoms with van der Waals surface area (Å²) in [5.41, 5.74) is -0.280. The van der Waals surface area contributed by atoms with Crippen molar-refractivity contribution in [2.75, 3.05) is 6.54 Å². The van der Waals surface area contributed by atoms with E-state index in [2.05, 4.69) is 26.2 Å². The first-order valence-corrected chi connectivity index (χ1v) is 7.23. The molecular formula is C14H14BrF3N2O. The van der Waals surface area contributed by atoms with Crippen molar-refractivity contribution in [1.82, 2.24) is 10.3 Å². The zero-order valence-electron chi connectivity index (χ0n) is 11.3. The van der Waals surface area contributed by atoms with E-state index >= 15 is 0 Å². The smallest absolute Gasteiger partial charge is 0.417 e. The number of nitrogens with one attached hydrogen (secondary N) is 1. The fraction of sp³-hybridized carbons (Fsp3) is 0.357. The number of hydrogen-bond acceptors (Lipinski definition) is 3. The lowest BCUT2D eigenvalue weighted by Crippen LogP contribution is -2.15. The molecule has 7 heteroatoms. The van der Waals surface area contributed by atoms with Crippen LogP contribution in [0.4, 0.5) is 13.2 Å². The molecule has 0 atom stereocenters. The van der Waals surface area contributed by atoms with Gasteiger partial charge in [0.1, 0.15) is 5.69 Å². The topological polar surface area (TPSA) is 38.1 Å². The van der Waals surface area contributed by atoms with Crippen molar-refractivity contribution in [3.8, 4) is 11.3 Å². The fourth-order valence-electron chi connectivity index (χ4n) is 1.95. The number of rotatable bonds is 5. The van der Waals surface area contributed by atoms with Gasteiger partial charge in [0.2, 0.25) is 0 Å². The molecule has 1 aromatic carbocycles. The predicted molar refractivity (Wildman–Crippen MR) is 76.6 cm³/mol. The molecular weight excluding hydrogens is 349 g/mol. The lowest BCUT2D eigenvalue weighted by molar-refractivity contribution is -0.137. The molecule has 21 heavy (non-hydrogen) atoms. The van der Waals surface area contributed by atoms with Crippen molar-refractivity contribution < 1.29 is 17.6 Å². The highest BCUT2D eigenvalue weighted by Gasteiger charge is 2.35. The summed E-state index contributed by atoms with van der Waals surface area (Å²) in [6.45, 7) is 3.14. The first-order valence-electron chi connectivity index (χ1n) is 6.43. The van der Waals surface area contributed by atoms with Gasteiger partial charge in [0.15, 0.2) is 12.2 Å². The molecule has 0 aliphatic rings. The molecule has 114 valence electrons. The SMILES string of the molecule is CCCNCc1ncoc1-c1ccc(Br)cc1C(F)(F)F. The molecule has 0 aliphatic heterocycles. The van der Waals surface area contributed by atoms with E-state index in [0.29, 0.717) is 16.7 Å². The summed E-state index contributed by atoms with van der Waals surface area (Å²) in [5, 5.41) is 3.10. The van der Waals surface area contributed by atoms with E-state index in [9.17, 15) is 13.2 Å². The monoisotopic (exact) mass is 362 g/mol. The van der Waals surface area contributed by atoms with Crippen LogP contribution in [-0.2, 0) is 12.7 Å². The van der Waals surface area contributed by atoms with Gasteiger partial charge in [0.05, 0.1) is 5.56 Å². The van der Waals surface area contributed by atoms with Crippen LogP contribution >= 0.6 is 15.9 Å². The molecule has 0 amide bonds. The van der Waals surface area contributed by atoms with E-state index in [1.54, 1.807) is 6.07 Å². The van der Waals surface area contributed by atoms with Crippen molar-refractivity contribution in [1.29, 1.82) is 0 Å². The highest BCUT2D eigenvalue weighted by Crippen LogP contribution is 2.39. The van der Waals surface area contributed by atoms with Crippen molar-refractivity contribution in [2.24, 2.45) is 0 Å². The quantitative estimate of drug-likeness (QED) is 0.788. The summed E-state index contributed by atoms with van der Waals surface area (Å²) in [6.07, 6.45) is -2.36. The Kier molecular flexibility index (Phi) is 5.05. The van der Waals surface area contributed by atoms with Crippen LogP contribution in [0.3, 0.4) is 0 Å². The van der Waals surface area contributed by atoms with Gasteiger partial charge in [-0.1, -0.05) is 22.9 Å². The van der Waals surface area contributed by atoms with E-state index in [4.69, 9.17) is 4.42 Å². The Morgan fingerprint density at radius 3 is 2.76 bits per heavy atom. The van der Waals surface area contributed by atoms with Crippen molar-refractivity contribution >= 4 is 15.9 Å². The molecule has 1 heterocycles. The van der Waals surface area contributed by atoms with Gasteiger partial charge in [-0.3, -0.25) is 0 Å². The minimum absolute atomic E-state index is 0.00324. The molecule has 0 bridgehead atoms. The molecule has 0 spiro atoms. The average Bonchev–Trinajstić information content (AvgIpc) is 2.86. The summed E-state index contributed by atoms with van der Waals surface area (Å²) < 4.78 is 45.0. The Labute approximate surface area is 128 Å². The van der Waals surface area contributed by atoms with Crippen molar-refractivity contribution in [3.63, 3.8) is 0 Å². The number of aromatic nitrogens is 1. The average molecular weight is 363 g/mol. The highest BCUT2D eigenvalue weighted by atomic mass is 79.9. The van der Waals surface area contributed by atoms with Gasteiger partial charge in [0.25, 0.3) is 0 Å². The largest absolute Gasteiger partial charge is 0.443 e. The van der Waals surface area contributed by atoms with Gasteiger partial charge >= 0.3 is 6.18 Å². The predicted octanol–water partition coefficient (Wildman–Crippen LogP) is 4.62. The lowest BCUT2D eigenvalue weighted by Gasteiger charge is -2.12. The van der Waals surface area contributed by atoms with Gasteiger partial charge in [-0.05, 0) is 31.2 Å². The third kappa shape index (κ3) is 3.85. The summed E-state index contributed by atoms with van der Waals surface area (Å²) in [7, 11) is 0. The number of benzene rings is 1. The highest BCUT2D eigenvalue weighted by molar-refractivity contribution is 9.10. The molecule has 0 aliphatic carbocycles. The Morgan fingerprint density at radius 1 is 1.33 bits per heavy atom. The Bertz CT molecular complexity index is 611. The molecule has 3 nitrogen and oxygen atoms in total. The van der Waals surface area contributed by atoms with Crippen molar-refractivity contribution in [3.05, 3.63) is 40.3 Å². The normalized spacial score (nSPS) is 11.9. The van der Waals surface area contributed by atoms with Crippen LogP contribution < -0.4 is 5.32 Å². The molecule has 2 rings (SSSR count). The van der Waals surface area contributed by atoms with Crippen LogP contribution in [0.1, 0.15) is 24.6 Å². The molecule has 0 radical (unpaired) electrons. The molecule has 1 N–H and O–H groups in total. The maximum Gasteiger partial charge on any atom is 0.417 e. The number of oxazole rings is 1. The zero-order valence-corrected chi connectivity index (χ0v) is 12.9. The summed E-state index contributed by atoms with van der Waals surface area (Å²) in [6, 6.07) is 3.98. The third-order valence-electron chi connectivity index (χ3n) is 2.89. The van der Waals surface area contributed by atoms with Crippen LogP contribution in [-0.4, -0.2) is 11.5 Å². The Hall–Kier alpha value is -1.34. The zero-order chi connectivity index (χ0) is 15.5. The van der Waals surface area contributed by atoms with Gasteiger partial charge in [0, 0.05) is 16.6 Å². The molecule has 0 fully saturated rings. The second-order valence-electron chi connectivity index (χ2n) is 4.49. The van der Waals surface area contributed by atoms with Crippen LogP contribution in [0.25, 0.3) is 11.3 Å². The second kappa shape index (κ2) is 6.62. The van der Waals surface area contributed by atoms with E-state index in [1.807, 2.05) is 6.92 Å². The second-order valence-corrected chi connectivity index (χ2v) is 5.41. The third-order valence-corrected chi connectivity index (χ3v) is 3.39. The number of halogens is 4. The van der Waals surface area contributed by atoms with Crippen LogP contribution in [0.15, 0.2) is 33.5 Å². The number of alkyl halides is 3.